The highest BCUT2D eigenvalue weighted by Gasteiger charge is 2.09. The lowest BCUT2D eigenvalue weighted by Gasteiger charge is -2.16. The minimum Gasteiger partial charge on any atom is -0.375 e. The van der Waals surface area contributed by atoms with Gasteiger partial charge in [-0.1, -0.05) is 28.6 Å². The number of rotatable bonds is 2. The van der Waals surface area contributed by atoms with Gasteiger partial charge in [-0.05, 0) is 12.1 Å². The second kappa shape index (κ2) is 3.92. The molecule has 0 aliphatic rings. The van der Waals surface area contributed by atoms with Crippen molar-refractivity contribution in [3.63, 3.8) is 0 Å². The molecule has 0 saturated heterocycles. The van der Waals surface area contributed by atoms with Crippen LogP contribution in [0.3, 0.4) is 0 Å². The molecular weight excluding hydrogens is 233 g/mol. The van der Waals surface area contributed by atoms with Crippen LogP contribution in [0.2, 0.25) is 0 Å². The Hall–Kier alpha value is -0.830. The summed E-state index contributed by atoms with van der Waals surface area (Å²) in [6.45, 7) is 3.64. The highest BCUT2D eigenvalue weighted by molar-refractivity contribution is 9.10. The van der Waals surface area contributed by atoms with Crippen molar-refractivity contribution in [1.29, 1.82) is 0 Å². The van der Waals surface area contributed by atoms with Gasteiger partial charge in [0.05, 0.1) is 5.69 Å². The summed E-state index contributed by atoms with van der Waals surface area (Å²) in [4.78, 5) is 1.73. The van der Waals surface area contributed by atoms with Crippen molar-refractivity contribution >= 4 is 27.7 Å². The fourth-order valence-corrected chi connectivity index (χ4v) is 1.66. The van der Waals surface area contributed by atoms with Crippen LogP contribution in [0, 0.1) is 5.82 Å². The van der Waals surface area contributed by atoms with Crippen LogP contribution in [0.1, 0.15) is 5.56 Å². The summed E-state index contributed by atoms with van der Waals surface area (Å²) in [7, 11) is 3.61. The summed E-state index contributed by atoms with van der Waals surface area (Å²) >= 11 is 3.23. The van der Waals surface area contributed by atoms with E-state index in [9.17, 15) is 4.39 Å². The molecule has 0 aliphatic heterocycles. The van der Waals surface area contributed by atoms with Crippen LogP contribution in [0.25, 0.3) is 6.08 Å². The molecule has 0 atom stereocenters. The van der Waals surface area contributed by atoms with Crippen LogP contribution in [-0.4, -0.2) is 14.1 Å². The van der Waals surface area contributed by atoms with E-state index in [2.05, 4.69) is 22.5 Å². The third-order valence-electron chi connectivity index (χ3n) is 1.72. The second-order valence-electron chi connectivity index (χ2n) is 2.92. The summed E-state index contributed by atoms with van der Waals surface area (Å²) in [6.07, 6.45) is 1.64. The standard InChI is InChI=1S/C10H11BrFN/c1-4-7-5-8(11)6-9(12)10(7)13(2)3/h4-6H,1H2,2-3H3. The summed E-state index contributed by atoms with van der Waals surface area (Å²) < 4.78 is 14.2. The zero-order valence-corrected chi connectivity index (χ0v) is 9.23. The average molecular weight is 244 g/mol. The predicted molar refractivity (Wildman–Crippen MR) is 58.5 cm³/mol. The highest BCUT2D eigenvalue weighted by Crippen LogP contribution is 2.27. The fraction of sp³-hybridized carbons (Fsp3) is 0.200. The van der Waals surface area contributed by atoms with Gasteiger partial charge in [0, 0.05) is 24.1 Å². The molecular formula is C10H11BrFN. The van der Waals surface area contributed by atoms with E-state index in [1.165, 1.54) is 6.07 Å². The number of benzene rings is 1. The number of nitrogens with zero attached hydrogens (tertiary/aromatic N) is 1. The number of halogens is 2. The Bertz CT molecular complexity index is 334. The summed E-state index contributed by atoms with van der Waals surface area (Å²) in [5.74, 6) is -0.241. The van der Waals surface area contributed by atoms with Crippen molar-refractivity contribution in [2.75, 3.05) is 19.0 Å². The lowest BCUT2D eigenvalue weighted by molar-refractivity contribution is 0.625. The molecule has 0 aromatic heterocycles. The molecule has 13 heavy (non-hydrogen) atoms. The van der Waals surface area contributed by atoms with E-state index in [0.717, 1.165) is 10.0 Å². The summed E-state index contributed by atoms with van der Waals surface area (Å²) in [5, 5.41) is 0. The van der Waals surface area contributed by atoms with Crippen molar-refractivity contribution in [3.05, 3.63) is 34.6 Å². The van der Waals surface area contributed by atoms with Crippen LogP contribution in [0.15, 0.2) is 23.2 Å². The summed E-state index contributed by atoms with van der Waals surface area (Å²) in [5.41, 5.74) is 1.36. The van der Waals surface area contributed by atoms with E-state index in [-0.39, 0.29) is 5.82 Å². The predicted octanol–water partition coefficient (Wildman–Crippen LogP) is 3.30. The van der Waals surface area contributed by atoms with Crippen LogP contribution in [0.5, 0.6) is 0 Å². The van der Waals surface area contributed by atoms with Gasteiger partial charge >= 0.3 is 0 Å². The molecule has 0 aliphatic carbocycles. The van der Waals surface area contributed by atoms with Gasteiger partial charge in [0.15, 0.2) is 0 Å². The largest absolute Gasteiger partial charge is 0.375 e. The number of hydrogen-bond acceptors (Lipinski definition) is 1. The second-order valence-corrected chi connectivity index (χ2v) is 3.84. The molecule has 1 nitrogen and oxygen atoms in total. The summed E-state index contributed by atoms with van der Waals surface area (Å²) in [6, 6.07) is 3.29. The van der Waals surface area contributed by atoms with Crippen LogP contribution in [-0.2, 0) is 0 Å². The van der Waals surface area contributed by atoms with E-state index in [1.54, 1.807) is 25.1 Å². The third kappa shape index (κ3) is 2.10. The Balaban J connectivity index is 3.38. The van der Waals surface area contributed by atoms with Crippen molar-refractivity contribution in [3.8, 4) is 0 Å². The minimum absolute atomic E-state index is 0.241. The maximum Gasteiger partial charge on any atom is 0.148 e. The van der Waals surface area contributed by atoms with E-state index < -0.39 is 0 Å². The molecule has 0 heterocycles. The van der Waals surface area contributed by atoms with Gasteiger partial charge < -0.3 is 4.90 Å². The minimum atomic E-state index is -0.241. The fourth-order valence-electron chi connectivity index (χ4n) is 1.21. The Labute approximate surface area is 86.0 Å². The molecule has 0 N–H and O–H groups in total. The topological polar surface area (TPSA) is 3.24 Å². The zero-order chi connectivity index (χ0) is 10.0. The van der Waals surface area contributed by atoms with Crippen molar-refractivity contribution in [2.24, 2.45) is 0 Å². The molecule has 0 bridgehead atoms. The van der Waals surface area contributed by atoms with Crippen LogP contribution < -0.4 is 4.90 Å². The SMILES string of the molecule is C=Cc1cc(Br)cc(F)c1N(C)C. The normalized spacial score (nSPS) is 9.85. The van der Waals surface area contributed by atoms with Gasteiger partial charge in [0.1, 0.15) is 5.82 Å². The van der Waals surface area contributed by atoms with Gasteiger partial charge in [-0.25, -0.2) is 4.39 Å². The van der Waals surface area contributed by atoms with Gasteiger partial charge in [0.2, 0.25) is 0 Å². The van der Waals surface area contributed by atoms with E-state index in [0.29, 0.717) is 5.69 Å². The van der Waals surface area contributed by atoms with Gasteiger partial charge in [-0.2, -0.15) is 0 Å². The first-order valence-electron chi connectivity index (χ1n) is 3.85. The monoisotopic (exact) mass is 243 g/mol. The first kappa shape index (κ1) is 10.3. The number of hydrogen-bond donors (Lipinski definition) is 0. The van der Waals surface area contributed by atoms with E-state index in [4.69, 9.17) is 0 Å². The first-order chi connectivity index (χ1) is 6.06. The average Bonchev–Trinajstić information content (AvgIpc) is 2.01. The van der Waals surface area contributed by atoms with Crippen molar-refractivity contribution in [2.45, 2.75) is 0 Å². The molecule has 0 radical (unpaired) electrons. The molecule has 70 valence electrons. The Morgan fingerprint density at radius 2 is 2.08 bits per heavy atom. The Morgan fingerprint density at radius 1 is 1.46 bits per heavy atom. The first-order valence-corrected chi connectivity index (χ1v) is 4.64. The third-order valence-corrected chi connectivity index (χ3v) is 2.18. The van der Waals surface area contributed by atoms with Crippen molar-refractivity contribution < 1.29 is 4.39 Å². The number of anilines is 1. The quantitative estimate of drug-likeness (QED) is 0.771. The molecule has 0 amide bonds. The highest BCUT2D eigenvalue weighted by atomic mass is 79.9. The molecule has 0 spiro atoms. The molecule has 0 fully saturated rings. The maximum atomic E-state index is 13.4. The smallest absolute Gasteiger partial charge is 0.148 e. The lowest BCUT2D eigenvalue weighted by Crippen LogP contribution is -2.12. The molecule has 1 aromatic rings. The maximum absolute atomic E-state index is 13.4. The molecule has 1 rings (SSSR count). The zero-order valence-electron chi connectivity index (χ0n) is 7.64. The Morgan fingerprint density at radius 3 is 2.54 bits per heavy atom. The van der Waals surface area contributed by atoms with Crippen LogP contribution in [0.4, 0.5) is 10.1 Å². The molecule has 0 unspecified atom stereocenters. The van der Waals surface area contributed by atoms with Crippen LogP contribution >= 0.6 is 15.9 Å². The van der Waals surface area contributed by atoms with Gasteiger partial charge in [-0.3, -0.25) is 0 Å². The Kier molecular flexibility index (Phi) is 3.09. The van der Waals surface area contributed by atoms with E-state index >= 15 is 0 Å². The molecule has 1 aromatic carbocycles. The molecule has 3 heteroatoms. The van der Waals surface area contributed by atoms with Crippen molar-refractivity contribution in [1.82, 2.24) is 0 Å². The van der Waals surface area contributed by atoms with Gasteiger partial charge in [-0.15, -0.1) is 0 Å². The lowest BCUT2D eigenvalue weighted by atomic mass is 10.1. The van der Waals surface area contributed by atoms with Gasteiger partial charge in [0.25, 0.3) is 0 Å². The van der Waals surface area contributed by atoms with E-state index in [1.807, 2.05) is 6.07 Å². The molecule has 0 saturated carbocycles.